The van der Waals surface area contributed by atoms with Crippen LogP contribution in [-0.2, 0) is 18.3 Å². The molecular weight excluding hydrogens is 223 g/mol. The van der Waals surface area contributed by atoms with Crippen molar-refractivity contribution in [2.45, 2.75) is 12.5 Å². The van der Waals surface area contributed by atoms with Crippen molar-refractivity contribution in [3.8, 4) is 0 Å². The zero-order chi connectivity index (χ0) is 12.6. The number of hydrogen-bond donors (Lipinski definition) is 2. The number of benzene rings is 1. The predicted molar refractivity (Wildman–Crippen MR) is 62.2 cm³/mol. The van der Waals surface area contributed by atoms with Crippen LogP contribution >= 0.6 is 0 Å². The van der Waals surface area contributed by atoms with E-state index in [0.717, 1.165) is 5.52 Å². The first-order valence-electron chi connectivity index (χ1n) is 5.21. The number of carboxylic acids is 1. The first-order chi connectivity index (χ1) is 8.00. The van der Waals surface area contributed by atoms with Gasteiger partial charge in [-0.1, -0.05) is 6.07 Å². The lowest BCUT2D eigenvalue weighted by Crippen LogP contribution is -2.32. The molecular formula is C12H13FN2O2. The summed E-state index contributed by atoms with van der Waals surface area (Å²) >= 11 is 0. The number of aliphatic carboxylic acids is 1. The van der Waals surface area contributed by atoms with Crippen LogP contribution in [0, 0.1) is 5.82 Å². The lowest BCUT2D eigenvalue weighted by molar-refractivity contribution is -0.138. The van der Waals surface area contributed by atoms with Crippen molar-refractivity contribution in [1.29, 1.82) is 0 Å². The van der Waals surface area contributed by atoms with E-state index in [1.807, 2.05) is 0 Å². The maximum absolute atomic E-state index is 13.7. The Morgan fingerprint density at radius 2 is 2.29 bits per heavy atom. The van der Waals surface area contributed by atoms with Gasteiger partial charge in [-0.2, -0.15) is 0 Å². The smallest absolute Gasteiger partial charge is 0.320 e. The summed E-state index contributed by atoms with van der Waals surface area (Å²) in [6.07, 6.45) is 1.84. The maximum atomic E-state index is 13.7. The van der Waals surface area contributed by atoms with Crippen LogP contribution in [0.15, 0.2) is 24.4 Å². The number of aryl methyl sites for hydroxylation is 1. The molecule has 0 saturated heterocycles. The first-order valence-corrected chi connectivity index (χ1v) is 5.21. The van der Waals surface area contributed by atoms with Crippen LogP contribution in [0.2, 0.25) is 0 Å². The van der Waals surface area contributed by atoms with Gasteiger partial charge in [0.2, 0.25) is 0 Å². The van der Waals surface area contributed by atoms with E-state index in [9.17, 15) is 9.18 Å². The SMILES string of the molecule is Cn1cc(CC(N)C(=O)O)c2c(F)cccc21. The topological polar surface area (TPSA) is 68.2 Å². The highest BCUT2D eigenvalue weighted by molar-refractivity contribution is 5.85. The number of carboxylic acid groups (broad SMARTS) is 1. The Morgan fingerprint density at radius 3 is 2.94 bits per heavy atom. The van der Waals surface area contributed by atoms with Crippen molar-refractivity contribution in [2.24, 2.45) is 12.8 Å². The van der Waals surface area contributed by atoms with Crippen molar-refractivity contribution in [1.82, 2.24) is 4.57 Å². The van der Waals surface area contributed by atoms with E-state index in [-0.39, 0.29) is 12.2 Å². The molecule has 0 saturated carbocycles. The molecule has 0 spiro atoms. The molecule has 1 atom stereocenters. The second kappa shape index (κ2) is 4.18. The van der Waals surface area contributed by atoms with Crippen molar-refractivity contribution >= 4 is 16.9 Å². The molecule has 0 radical (unpaired) electrons. The second-order valence-electron chi connectivity index (χ2n) is 4.05. The standard InChI is InChI=1S/C12H13FN2O2/c1-15-6-7(5-9(14)12(16)17)11-8(13)3-2-4-10(11)15/h2-4,6,9H,5,14H2,1H3,(H,16,17). The van der Waals surface area contributed by atoms with E-state index in [0.29, 0.717) is 10.9 Å². The molecule has 0 bridgehead atoms. The van der Waals surface area contributed by atoms with Crippen LogP contribution in [0.1, 0.15) is 5.56 Å². The summed E-state index contributed by atoms with van der Waals surface area (Å²) in [5.41, 5.74) is 6.82. The third kappa shape index (κ3) is 2.01. The van der Waals surface area contributed by atoms with Crippen LogP contribution in [0.4, 0.5) is 4.39 Å². The van der Waals surface area contributed by atoms with Gasteiger partial charge in [0.25, 0.3) is 0 Å². The summed E-state index contributed by atoms with van der Waals surface area (Å²) in [4.78, 5) is 10.7. The van der Waals surface area contributed by atoms with Crippen molar-refractivity contribution in [2.75, 3.05) is 0 Å². The molecule has 0 aliphatic rings. The number of nitrogens with zero attached hydrogens (tertiary/aromatic N) is 1. The quantitative estimate of drug-likeness (QED) is 0.843. The molecule has 1 aromatic heterocycles. The third-order valence-corrected chi connectivity index (χ3v) is 2.80. The summed E-state index contributed by atoms with van der Waals surface area (Å²) in [5.74, 6) is -1.44. The van der Waals surface area contributed by atoms with Gasteiger partial charge in [0, 0.05) is 25.1 Å². The Hall–Kier alpha value is -1.88. The fourth-order valence-electron chi connectivity index (χ4n) is 1.97. The molecule has 0 amide bonds. The highest BCUT2D eigenvalue weighted by Crippen LogP contribution is 2.24. The first kappa shape index (κ1) is 11.6. The molecule has 17 heavy (non-hydrogen) atoms. The Labute approximate surface area is 97.5 Å². The van der Waals surface area contributed by atoms with Crippen LogP contribution in [0.5, 0.6) is 0 Å². The van der Waals surface area contributed by atoms with Crippen molar-refractivity contribution in [3.63, 3.8) is 0 Å². The van der Waals surface area contributed by atoms with Gasteiger partial charge in [-0.3, -0.25) is 4.79 Å². The molecule has 0 fully saturated rings. The van der Waals surface area contributed by atoms with Gasteiger partial charge in [0.1, 0.15) is 11.9 Å². The number of carbonyl (C=O) groups is 1. The summed E-state index contributed by atoms with van der Waals surface area (Å²) in [6, 6.07) is 3.76. The number of fused-ring (bicyclic) bond motifs is 1. The van der Waals surface area contributed by atoms with E-state index in [4.69, 9.17) is 10.8 Å². The van der Waals surface area contributed by atoms with Gasteiger partial charge in [0.05, 0.1) is 5.52 Å². The molecule has 5 heteroatoms. The third-order valence-electron chi connectivity index (χ3n) is 2.80. The fourth-order valence-corrected chi connectivity index (χ4v) is 1.97. The minimum atomic E-state index is -1.08. The zero-order valence-corrected chi connectivity index (χ0v) is 9.35. The summed E-state index contributed by atoms with van der Waals surface area (Å²) < 4.78 is 15.5. The Balaban J connectivity index is 2.51. The molecule has 2 rings (SSSR count). The largest absolute Gasteiger partial charge is 0.480 e. The van der Waals surface area contributed by atoms with Gasteiger partial charge < -0.3 is 15.4 Å². The van der Waals surface area contributed by atoms with E-state index in [1.54, 1.807) is 29.9 Å². The van der Waals surface area contributed by atoms with Crippen molar-refractivity contribution < 1.29 is 14.3 Å². The summed E-state index contributed by atoms with van der Waals surface area (Å²) in [7, 11) is 1.79. The van der Waals surface area contributed by atoms with Gasteiger partial charge in [-0.25, -0.2) is 4.39 Å². The minimum Gasteiger partial charge on any atom is -0.480 e. The lowest BCUT2D eigenvalue weighted by atomic mass is 10.1. The molecule has 1 heterocycles. The molecule has 0 aliphatic heterocycles. The van der Waals surface area contributed by atoms with E-state index >= 15 is 0 Å². The number of rotatable bonds is 3. The highest BCUT2D eigenvalue weighted by atomic mass is 19.1. The van der Waals surface area contributed by atoms with Crippen LogP contribution in [-0.4, -0.2) is 21.7 Å². The van der Waals surface area contributed by atoms with Gasteiger partial charge in [0.15, 0.2) is 0 Å². The normalized spacial score (nSPS) is 12.9. The highest BCUT2D eigenvalue weighted by Gasteiger charge is 2.17. The summed E-state index contributed by atoms with van der Waals surface area (Å²) in [5, 5.41) is 9.22. The molecule has 90 valence electrons. The van der Waals surface area contributed by atoms with E-state index < -0.39 is 12.0 Å². The fraction of sp³-hybridized carbons (Fsp3) is 0.250. The minimum absolute atomic E-state index is 0.119. The molecule has 4 nitrogen and oxygen atoms in total. The lowest BCUT2D eigenvalue weighted by Gasteiger charge is -2.05. The number of halogens is 1. The average Bonchev–Trinajstić information content (AvgIpc) is 2.57. The van der Waals surface area contributed by atoms with Crippen molar-refractivity contribution in [3.05, 3.63) is 35.8 Å². The van der Waals surface area contributed by atoms with Crippen LogP contribution in [0.25, 0.3) is 10.9 Å². The molecule has 1 unspecified atom stereocenters. The van der Waals surface area contributed by atoms with Gasteiger partial charge in [-0.15, -0.1) is 0 Å². The molecule has 3 N–H and O–H groups in total. The number of nitrogens with two attached hydrogens (primary N) is 1. The van der Waals surface area contributed by atoms with Crippen LogP contribution in [0.3, 0.4) is 0 Å². The number of hydrogen-bond acceptors (Lipinski definition) is 2. The predicted octanol–water partition coefficient (Wildman–Crippen LogP) is 1.27. The van der Waals surface area contributed by atoms with Crippen LogP contribution < -0.4 is 5.73 Å². The molecule has 2 aromatic rings. The summed E-state index contributed by atoms with van der Waals surface area (Å²) in [6.45, 7) is 0. The Morgan fingerprint density at radius 1 is 1.59 bits per heavy atom. The second-order valence-corrected chi connectivity index (χ2v) is 4.05. The maximum Gasteiger partial charge on any atom is 0.320 e. The average molecular weight is 236 g/mol. The van der Waals surface area contributed by atoms with E-state index in [2.05, 4.69) is 0 Å². The van der Waals surface area contributed by atoms with E-state index in [1.165, 1.54) is 6.07 Å². The van der Waals surface area contributed by atoms with Gasteiger partial charge in [-0.05, 0) is 17.7 Å². The Kier molecular flexibility index (Phi) is 2.85. The van der Waals surface area contributed by atoms with Gasteiger partial charge >= 0.3 is 5.97 Å². The Bertz CT molecular complexity index is 577. The molecule has 0 aliphatic carbocycles. The number of aromatic nitrogens is 1. The molecule has 1 aromatic carbocycles. The monoisotopic (exact) mass is 236 g/mol. The zero-order valence-electron chi connectivity index (χ0n) is 9.35.